The first kappa shape index (κ1) is 19.0. The molecule has 0 aliphatic rings. The molecule has 0 heterocycles. The monoisotopic (exact) mass is 340 g/mol. The number of phosphoric ester groups is 1. The van der Waals surface area contributed by atoms with Gasteiger partial charge < -0.3 is 4.89 Å². The maximum atomic E-state index is 11.9. The number of hydrogen-bond donors (Lipinski definition) is 1. The van der Waals surface area contributed by atoms with Gasteiger partial charge in [0.1, 0.15) is 5.60 Å². The maximum Gasteiger partial charge on any atom is 0.473 e. The van der Waals surface area contributed by atoms with Crippen LogP contribution in [0.5, 0.6) is 0 Å². The topological polar surface area (TPSA) is 55.8 Å². The summed E-state index contributed by atoms with van der Waals surface area (Å²) in [6.07, 6.45) is 0.707. The van der Waals surface area contributed by atoms with E-state index in [0.29, 0.717) is 6.42 Å². The molecule has 8 heteroatoms. The first-order valence-electron chi connectivity index (χ1n) is 5.82. The second kappa shape index (κ2) is 7.12. The summed E-state index contributed by atoms with van der Waals surface area (Å²) in [5.74, 6) is 0. The van der Waals surface area contributed by atoms with Crippen molar-refractivity contribution in [1.29, 1.82) is 0 Å². The van der Waals surface area contributed by atoms with Crippen molar-refractivity contribution in [3.63, 3.8) is 0 Å². The average Bonchev–Trinajstić information content (AvgIpc) is 2.23. The smallest absolute Gasteiger partial charge is 0.302 e. The highest BCUT2D eigenvalue weighted by molar-refractivity contribution is 7.47. The predicted octanol–water partition coefficient (Wildman–Crippen LogP) is 4.85. The van der Waals surface area contributed by atoms with Crippen LogP contribution in [0, 0.1) is 0 Å². The SMILES string of the molecule is CCC(C)OP(=O)(O)OC(CC)(CC)C(Cl)(Cl)Cl. The van der Waals surface area contributed by atoms with Gasteiger partial charge in [-0.2, -0.15) is 0 Å². The zero-order valence-electron chi connectivity index (χ0n) is 11.0. The lowest BCUT2D eigenvalue weighted by molar-refractivity contribution is 0.00725. The minimum Gasteiger partial charge on any atom is -0.302 e. The van der Waals surface area contributed by atoms with Crippen LogP contribution in [0.4, 0.5) is 0 Å². The molecule has 2 unspecified atom stereocenters. The Morgan fingerprint density at radius 3 is 1.94 bits per heavy atom. The number of halogens is 3. The molecule has 0 aromatic carbocycles. The molecule has 0 aliphatic heterocycles. The van der Waals surface area contributed by atoms with E-state index in [-0.39, 0.29) is 12.8 Å². The van der Waals surface area contributed by atoms with Gasteiger partial charge in [0.2, 0.25) is 3.79 Å². The standard InChI is InChI=1S/C10H20Cl3O4P/c1-5-8(4)16-18(14,15)17-9(6-2,7-3)10(11,12)13/h8H,5-7H2,1-4H3,(H,14,15). The lowest BCUT2D eigenvalue weighted by Crippen LogP contribution is -2.44. The van der Waals surface area contributed by atoms with Crippen LogP contribution in [0.15, 0.2) is 0 Å². The summed E-state index contributed by atoms with van der Waals surface area (Å²) in [5.41, 5.74) is -1.35. The Labute approximate surface area is 124 Å². The fraction of sp³-hybridized carbons (Fsp3) is 1.00. The molecule has 0 aromatic rings. The third kappa shape index (κ3) is 5.16. The van der Waals surface area contributed by atoms with Gasteiger partial charge in [0.05, 0.1) is 6.10 Å². The van der Waals surface area contributed by atoms with Crippen molar-refractivity contribution in [2.24, 2.45) is 0 Å². The van der Waals surface area contributed by atoms with E-state index < -0.39 is 23.3 Å². The summed E-state index contributed by atoms with van der Waals surface area (Å²) in [5, 5.41) is 0. The highest BCUT2D eigenvalue weighted by atomic mass is 35.6. The van der Waals surface area contributed by atoms with Gasteiger partial charge in [-0.3, -0.25) is 9.05 Å². The van der Waals surface area contributed by atoms with Crippen molar-refractivity contribution in [2.75, 3.05) is 0 Å². The van der Waals surface area contributed by atoms with Gasteiger partial charge in [0, 0.05) is 0 Å². The Hall–Kier alpha value is 0.980. The molecule has 0 saturated carbocycles. The summed E-state index contributed by atoms with van der Waals surface area (Å²) < 4.78 is 20.2. The summed E-state index contributed by atoms with van der Waals surface area (Å²) in [6.45, 7) is 6.93. The van der Waals surface area contributed by atoms with Gasteiger partial charge in [-0.05, 0) is 26.2 Å². The highest BCUT2D eigenvalue weighted by Gasteiger charge is 2.51. The van der Waals surface area contributed by atoms with E-state index in [0.717, 1.165) is 0 Å². The number of phosphoric acid groups is 1. The Kier molecular flexibility index (Phi) is 7.51. The molecule has 0 amide bonds. The van der Waals surface area contributed by atoms with Crippen molar-refractivity contribution in [2.45, 2.75) is 62.5 Å². The van der Waals surface area contributed by atoms with Crippen LogP contribution in [0.3, 0.4) is 0 Å². The molecule has 18 heavy (non-hydrogen) atoms. The van der Waals surface area contributed by atoms with Crippen molar-refractivity contribution in [1.82, 2.24) is 0 Å². The minimum absolute atomic E-state index is 0.272. The Morgan fingerprint density at radius 1 is 1.22 bits per heavy atom. The molecule has 0 bridgehead atoms. The van der Waals surface area contributed by atoms with Crippen LogP contribution in [-0.2, 0) is 13.6 Å². The molecule has 2 atom stereocenters. The van der Waals surface area contributed by atoms with E-state index in [1.54, 1.807) is 20.8 Å². The van der Waals surface area contributed by atoms with Crippen LogP contribution in [-0.4, -0.2) is 20.4 Å². The molecular weight excluding hydrogens is 321 g/mol. The molecule has 0 fully saturated rings. The van der Waals surface area contributed by atoms with Gasteiger partial charge in [-0.25, -0.2) is 4.57 Å². The van der Waals surface area contributed by atoms with Crippen molar-refractivity contribution in [3.05, 3.63) is 0 Å². The fourth-order valence-corrected chi connectivity index (χ4v) is 3.94. The summed E-state index contributed by atoms with van der Waals surface area (Å²) >= 11 is 17.6. The summed E-state index contributed by atoms with van der Waals surface area (Å²) in [6, 6.07) is 0. The van der Waals surface area contributed by atoms with Crippen LogP contribution in [0.25, 0.3) is 0 Å². The van der Waals surface area contributed by atoms with Gasteiger partial charge in [0.25, 0.3) is 0 Å². The molecule has 0 aliphatic carbocycles. The molecular formula is C10H20Cl3O4P. The molecule has 1 N–H and O–H groups in total. The summed E-state index contributed by atoms with van der Waals surface area (Å²) in [4.78, 5) is 9.71. The van der Waals surface area contributed by atoms with Crippen LogP contribution in [0.1, 0.15) is 47.0 Å². The largest absolute Gasteiger partial charge is 0.473 e. The molecule has 4 nitrogen and oxygen atoms in total. The van der Waals surface area contributed by atoms with Gasteiger partial charge in [-0.1, -0.05) is 55.6 Å². The molecule has 0 aromatic heterocycles. The van der Waals surface area contributed by atoms with E-state index >= 15 is 0 Å². The Bertz CT molecular complexity index is 302. The first-order chi connectivity index (χ1) is 8.03. The van der Waals surface area contributed by atoms with Crippen molar-refractivity contribution < 1.29 is 18.5 Å². The lowest BCUT2D eigenvalue weighted by Gasteiger charge is -2.38. The fourth-order valence-electron chi connectivity index (χ4n) is 1.38. The van der Waals surface area contributed by atoms with Gasteiger partial charge >= 0.3 is 7.82 Å². The van der Waals surface area contributed by atoms with Crippen LogP contribution < -0.4 is 0 Å². The minimum atomic E-state index is -4.27. The molecule has 0 saturated heterocycles. The Morgan fingerprint density at radius 2 is 1.67 bits per heavy atom. The first-order valence-corrected chi connectivity index (χ1v) is 8.45. The predicted molar refractivity (Wildman–Crippen MR) is 75.4 cm³/mol. The van der Waals surface area contributed by atoms with Gasteiger partial charge in [-0.15, -0.1) is 0 Å². The maximum absolute atomic E-state index is 11.9. The second-order valence-electron chi connectivity index (χ2n) is 4.08. The third-order valence-electron chi connectivity index (χ3n) is 2.84. The number of alkyl halides is 3. The third-order valence-corrected chi connectivity index (χ3v) is 5.08. The molecule has 110 valence electrons. The molecule has 0 rings (SSSR count). The highest BCUT2D eigenvalue weighted by Crippen LogP contribution is 2.56. The second-order valence-corrected chi connectivity index (χ2v) is 7.70. The van der Waals surface area contributed by atoms with Gasteiger partial charge in [0.15, 0.2) is 0 Å². The number of rotatable bonds is 7. The van der Waals surface area contributed by atoms with E-state index in [4.69, 9.17) is 43.9 Å². The van der Waals surface area contributed by atoms with E-state index in [9.17, 15) is 9.46 Å². The van der Waals surface area contributed by atoms with E-state index in [2.05, 4.69) is 0 Å². The molecule has 0 spiro atoms. The lowest BCUT2D eigenvalue weighted by atomic mass is 10.00. The van der Waals surface area contributed by atoms with Crippen LogP contribution >= 0.6 is 42.6 Å². The quantitative estimate of drug-likeness (QED) is 0.531. The van der Waals surface area contributed by atoms with E-state index in [1.807, 2.05) is 6.92 Å². The van der Waals surface area contributed by atoms with Crippen molar-refractivity contribution in [3.8, 4) is 0 Å². The molecule has 0 radical (unpaired) electrons. The summed E-state index contributed by atoms with van der Waals surface area (Å²) in [7, 11) is -4.27. The Balaban J connectivity index is 5.05. The van der Waals surface area contributed by atoms with Crippen molar-refractivity contribution >= 4 is 42.6 Å². The zero-order chi connectivity index (χ0) is 14.6. The van der Waals surface area contributed by atoms with Crippen LogP contribution in [0.2, 0.25) is 0 Å². The zero-order valence-corrected chi connectivity index (χ0v) is 14.1. The number of hydrogen-bond acceptors (Lipinski definition) is 3. The average molecular weight is 342 g/mol. The van der Waals surface area contributed by atoms with E-state index in [1.165, 1.54) is 0 Å². The normalized spacial score (nSPS) is 18.4.